The largest absolute Gasteiger partial charge is 0.396 e. The van der Waals surface area contributed by atoms with Crippen molar-refractivity contribution < 1.29 is 4.74 Å². The molecule has 1 aliphatic heterocycles. The summed E-state index contributed by atoms with van der Waals surface area (Å²) in [5.74, 6) is 0. The number of nitrogen functional groups attached to an aromatic ring is 1. The molecular formula is C11H19N3O. The van der Waals surface area contributed by atoms with Crippen molar-refractivity contribution in [3.05, 3.63) is 11.9 Å². The Morgan fingerprint density at radius 3 is 2.93 bits per heavy atom. The Morgan fingerprint density at radius 1 is 1.53 bits per heavy atom. The van der Waals surface area contributed by atoms with Gasteiger partial charge in [-0.15, -0.1) is 0 Å². The van der Waals surface area contributed by atoms with Gasteiger partial charge in [0.25, 0.3) is 0 Å². The number of hydrogen-bond acceptors (Lipinski definition) is 3. The highest BCUT2D eigenvalue weighted by atomic mass is 16.5. The van der Waals surface area contributed by atoms with Gasteiger partial charge in [0.05, 0.1) is 17.6 Å². The molecule has 1 saturated heterocycles. The molecule has 2 heterocycles. The van der Waals surface area contributed by atoms with E-state index in [0.29, 0.717) is 6.04 Å². The Morgan fingerprint density at radius 2 is 2.33 bits per heavy atom. The van der Waals surface area contributed by atoms with Crippen molar-refractivity contribution in [3.63, 3.8) is 0 Å². The summed E-state index contributed by atoms with van der Waals surface area (Å²) in [6, 6.07) is 0.336. The molecule has 0 radical (unpaired) electrons. The first-order valence-corrected chi connectivity index (χ1v) is 5.64. The van der Waals surface area contributed by atoms with E-state index in [1.165, 1.54) is 6.42 Å². The quantitative estimate of drug-likeness (QED) is 0.813. The van der Waals surface area contributed by atoms with Crippen LogP contribution in [0.25, 0.3) is 0 Å². The van der Waals surface area contributed by atoms with Crippen molar-refractivity contribution >= 4 is 5.69 Å². The lowest BCUT2D eigenvalue weighted by atomic mass is 10.1. The van der Waals surface area contributed by atoms with Gasteiger partial charge in [0.15, 0.2) is 0 Å². The lowest BCUT2D eigenvalue weighted by molar-refractivity contribution is 0.00933. The van der Waals surface area contributed by atoms with Gasteiger partial charge >= 0.3 is 0 Å². The van der Waals surface area contributed by atoms with Crippen LogP contribution >= 0.6 is 0 Å². The molecule has 0 aliphatic carbocycles. The minimum atomic E-state index is 0.142. The van der Waals surface area contributed by atoms with Gasteiger partial charge in [-0.2, -0.15) is 5.10 Å². The van der Waals surface area contributed by atoms with Crippen molar-refractivity contribution in [1.82, 2.24) is 9.78 Å². The lowest BCUT2D eigenvalue weighted by Crippen LogP contribution is -2.18. The molecule has 1 fully saturated rings. The van der Waals surface area contributed by atoms with E-state index < -0.39 is 0 Å². The topological polar surface area (TPSA) is 53.1 Å². The van der Waals surface area contributed by atoms with E-state index in [-0.39, 0.29) is 6.10 Å². The Kier molecular flexibility index (Phi) is 2.95. The second-order valence-corrected chi connectivity index (χ2v) is 4.38. The maximum Gasteiger partial charge on any atom is 0.101 e. The fraction of sp³-hybridized carbons (Fsp3) is 0.727. The summed E-state index contributed by atoms with van der Waals surface area (Å²) < 4.78 is 7.73. The van der Waals surface area contributed by atoms with Gasteiger partial charge in [-0.3, -0.25) is 4.68 Å². The average molecular weight is 209 g/mol. The Labute approximate surface area is 90.4 Å². The van der Waals surface area contributed by atoms with Gasteiger partial charge in [0.1, 0.15) is 6.10 Å². The van der Waals surface area contributed by atoms with E-state index >= 15 is 0 Å². The molecule has 0 aromatic carbocycles. The smallest absolute Gasteiger partial charge is 0.101 e. The zero-order chi connectivity index (χ0) is 10.8. The minimum absolute atomic E-state index is 0.142. The van der Waals surface area contributed by atoms with E-state index in [2.05, 4.69) is 18.9 Å². The van der Waals surface area contributed by atoms with Crippen LogP contribution in [0.5, 0.6) is 0 Å². The molecule has 0 bridgehead atoms. The number of nitrogens with zero attached hydrogens (tertiary/aromatic N) is 2. The Balaban J connectivity index is 2.28. The molecule has 0 spiro atoms. The monoisotopic (exact) mass is 209 g/mol. The van der Waals surface area contributed by atoms with E-state index in [4.69, 9.17) is 10.5 Å². The van der Waals surface area contributed by atoms with Crippen LogP contribution in [-0.2, 0) is 4.74 Å². The zero-order valence-electron chi connectivity index (χ0n) is 9.44. The van der Waals surface area contributed by atoms with Crippen LogP contribution in [0.2, 0.25) is 0 Å². The second kappa shape index (κ2) is 4.23. The van der Waals surface area contributed by atoms with Crippen LogP contribution in [0.4, 0.5) is 5.69 Å². The summed E-state index contributed by atoms with van der Waals surface area (Å²) >= 11 is 0. The van der Waals surface area contributed by atoms with Crippen LogP contribution in [0.3, 0.4) is 0 Å². The maximum atomic E-state index is 5.95. The molecule has 0 amide bonds. The van der Waals surface area contributed by atoms with Gasteiger partial charge in [-0.05, 0) is 33.1 Å². The number of anilines is 1. The third kappa shape index (κ3) is 2.00. The molecule has 2 rings (SSSR count). The van der Waals surface area contributed by atoms with Gasteiger partial charge < -0.3 is 10.5 Å². The van der Waals surface area contributed by atoms with Crippen molar-refractivity contribution in [2.75, 3.05) is 12.3 Å². The van der Waals surface area contributed by atoms with E-state index in [9.17, 15) is 0 Å². The van der Waals surface area contributed by atoms with Gasteiger partial charge in [-0.1, -0.05) is 0 Å². The lowest BCUT2D eigenvalue weighted by Gasteiger charge is -2.25. The molecule has 84 valence electrons. The van der Waals surface area contributed by atoms with Crippen molar-refractivity contribution in [2.45, 2.75) is 45.3 Å². The van der Waals surface area contributed by atoms with Gasteiger partial charge in [0, 0.05) is 12.6 Å². The molecule has 4 heteroatoms. The van der Waals surface area contributed by atoms with Crippen LogP contribution in [0, 0.1) is 0 Å². The van der Waals surface area contributed by atoms with E-state index in [0.717, 1.165) is 30.8 Å². The molecule has 1 atom stereocenters. The standard InChI is InChI=1S/C11H19N3O/c1-8(2)14-11(9(12)7-13-14)10-5-3-4-6-15-10/h7-8,10H,3-6,12H2,1-2H3. The number of nitrogens with two attached hydrogens (primary N) is 1. The fourth-order valence-electron chi connectivity index (χ4n) is 2.09. The number of ether oxygens (including phenoxy) is 1. The molecule has 1 aromatic heterocycles. The maximum absolute atomic E-state index is 5.95. The van der Waals surface area contributed by atoms with Crippen LogP contribution in [0.15, 0.2) is 6.20 Å². The van der Waals surface area contributed by atoms with Gasteiger partial charge in [0.2, 0.25) is 0 Å². The number of aromatic nitrogens is 2. The summed E-state index contributed by atoms with van der Waals surface area (Å²) in [6.07, 6.45) is 5.30. The molecule has 1 aromatic rings. The molecule has 1 aliphatic rings. The normalized spacial score (nSPS) is 22.2. The molecule has 2 N–H and O–H groups in total. The fourth-order valence-corrected chi connectivity index (χ4v) is 2.09. The first kappa shape index (κ1) is 10.5. The predicted octanol–water partition coefficient (Wildman–Crippen LogP) is 2.29. The molecule has 4 nitrogen and oxygen atoms in total. The summed E-state index contributed by atoms with van der Waals surface area (Å²) in [5.41, 5.74) is 7.77. The molecule has 1 unspecified atom stereocenters. The zero-order valence-corrected chi connectivity index (χ0v) is 9.44. The second-order valence-electron chi connectivity index (χ2n) is 4.38. The predicted molar refractivity (Wildman–Crippen MR) is 59.6 cm³/mol. The first-order chi connectivity index (χ1) is 7.20. The molecular weight excluding hydrogens is 190 g/mol. The van der Waals surface area contributed by atoms with Gasteiger partial charge in [-0.25, -0.2) is 0 Å². The van der Waals surface area contributed by atoms with Crippen molar-refractivity contribution in [1.29, 1.82) is 0 Å². The molecule has 0 saturated carbocycles. The van der Waals surface area contributed by atoms with Crippen LogP contribution < -0.4 is 5.73 Å². The summed E-state index contributed by atoms with van der Waals surface area (Å²) in [6.45, 7) is 5.06. The summed E-state index contributed by atoms with van der Waals surface area (Å²) in [7, 11) is 0. The number of hydrogen-bond donors (Lipinski definition) is 1. The Bertz CT molecular complexity index is 327. The average Bonchev–Trinajstić information content (AvgIpc) is 2.61. The van der Waals surface area contributed by atoms with Crippen LogP contribution in [-0.4, -0.2) is 16.4 Å². The molecule has 15 heavy (non-hydrogen) atoms. The highest BCUT2D eigenvalue weighted by molar-refractivity contribution is 5.42. The summed E-state index contributed by atoms with van der Waals surface area (Å²) in [5, 5.41) is 4.30. The minimum Gasteiger partial charge on any atom is -0.396 e. The van der Waals surface area contributed by atoms with Crippen LogP contribution in [0.1, 0.15) is 50.9 Å². The van der Waals surface area contributed by atoms with Crippen molar-refractivity contribution in [3.8, 4) is 0 Å². The number of rotatable bonds is 2. The summed E-state index contributed by atoms with van der Waals surface area (Å²) in [4.78, 5) is 0. The first-order valence-electron chi connectivity index (χ1n) is 5.64. The Hall–Kier alpha value is -1.03. The van der Waals surface area contributed by atoms with E-state index in [1.54, 1.807) is 6.20 Å². The van der Waals surface area contributed by atoms with E-state index in [1.807, 2.05) is 4.68 Å². The third-order valence-corrected chi connectivity index (χ3v) is 2.84. The third-order valence-electron chi connectivity index (χ3n) is 2.84. The highest BCUT2D eigenvalue weighted by Gasteiger charge is 2.23. The SMILES string of the molecule is CC(C)n1ncc(N)c1C1CCCCO1. The van der Waals surface area contributed by atoms with Crippen molar-refractivity contribution in [2.24, 2.45) is 0 Å². The highest BCUT2D eigenvalue weighted by Crippen LogP contribution is 2.32.